The van der Waals surface area contributed by atoms with Crippen LogP contribution in [0.4, 0.5) is 5.00 Å². The zero-order valence-corrected chi connectivity index (χ0v) is 9.26. The average molecular weight is 215 g/mol. The molecule has 76 valence electrons. The van der Waals surface area contributed by atoms with Crippen LogP contribution in [0.15, 0.2) is 49.1 Å². The van der Waals surface area contributed by atoms with Gasteiger partial charge in [0.25, 0.3) is 0 Å². The number of nitrogen functional groups attached to an aromatic ring is 1. The van der Waals surface area contributed by atoms with Crippen molar-refractivity contribution in [3.63, 3.8) is 0 Å². The van der Waals surface area contributed by atoms with E-state index >= 15 is 0 Å². The Kier molecular flexibility index (Phi) is 2.88. The highest BCUT2D eigenvalue weighted by molar-refractivity contribution is 7.16. The summed E-state index contributed by atoms with van der Waals surface area (Å²) in [6, 6.07) is 12.4. The number of hydrogen-bond donors (Lipinski definition) is 1. The van der Waals surface area contributed by atoms with Crippen molar-refractivity contribution in [2.75, 3.05) is 5.73 Å². The molecule has 0 spiro atoms. The lowest BCUT2D eigenvalue weighted by molar-refractivity contribution is 1.35. The molecule has 1 aromatic heterocycles. The Balaban J connectivity index is 2.40. The predicted molar refractivity (Wildman–Crippen MR) is 68.1 cm³/mol. The highest BCUT2D eigenvalue weighted by atomic mass is 32.1. The molecular weight excluding hydrogens is 202 g/mol. The van der Waals surface area contributed by atoms with Crippen LogP contribution in [0, 0.1) is 0 Å². The minimum atomic E-state index is 0.887. The summed E-state index contributed by atoms with van der Waals surface area (Å²) in [6.45, 7) is 3.73. The Morgan fingerprint density at radius 2 is 2.00 bits per heavy atom. The average Bonchev–Trinajstić information content (AvgIpc) is 2.61. The number of benzene rings is 1. The van der Waals surface area contributed by atoms with Gasteiger partial charge in [-0.2, -0.15) is 0 Å². The fraction of sp³-hybridized carbons (Fsp3) is 0.0769. The first-order valence-electron chi connectivity index (χ1n) is 4.86. The minimum absolute atomic E-state index is 0.887. The number of allylic oxidation sites excluding steroid dienone is 1. The van der Waals surface area contributed by atoms with Gasteiger partial charge in [0.15, 0.2) is 0 Å². The first kappa shape index (κ1) is 9.99. The standard InChI is InChI=1S/C13H13NS/c1-2-6-11-9-12(13(14)15-11)10-7-4-3-5-8-10/h2-5,7-9H,1,6,14H2. The van der Waals surface area contributed by atoms with Gasteiger partial charge in [-0.1, -0.05) is 36.4 Å². The zero-order chi connectivity index (χ0) is 10.7. The molecule has 0 amide bonds. The van der Waals surface area contributed by atoms with Crippen molar-refractivity contribution in [3.8, 4) is 11.1 Å². The van der Waals surface area contributed by atoms with Gasteiger partial charge in [0.1, 0.15) is 0 Å². The maximum atomic E-state index is 5.99. The molecule has 0 atom stereocenters. The summed E-state index contributed by atoms with van der Waals surface area (Å²) < 4.78 is 0. The van der Waals surface area contributed by atoms with E-state index < -0.39 is 0 Å². The molecule has 1 aromatic carbocycles. The molecule has 0 saturated carbocycles. The molecule has 0 aliphatic rings. The third kappa shape index (κ3) is 2.10. The van der Waals surface area contributed by atoms with Crippen LogP contribution in [0.3, 0.4) is 0 Å². The summed E-state index contributed by atoms with van der Waals surface area (Å²) >= 11 is 1.64. The van der Waals surface area contributed by atoms with Crippen molar-refractivity contribution in [2.24, 2.45) is 0 Å². The molecule has 15 heavy (non-hydrogen) atoms. The fourth-order valence-electron chi connectivity index (χ4n) is 1.54. The molecule has 0 bridgehead atoms. The predicted octanol–water partition coefficient (Wildman–Crippen LogP) is 3.73. The van der Waals surface area contributed by atoms with E-state index in [1.165, 1.54) is 10.4 Å². The largest absolute Gasteiger partial charge is 0.390 e. The quantitative estimate of drug-likeness (QED) is 0.776. The van der Waals surface area contributed by atoms with Gasteiger partial charge in [0.05, 0.1) is 5.00 Å². The molecule has 1 nitrogen and oxygen atoms in total. The molecule has 0 saturated heterocycles. The van der Waals surface area contributed by atoms with Crippen LogP contribution in [0.2, 0.25) is 0 Å². The smallest absolute Gasteiger partial charge is 0.0939 e. The lowest BCUT2D eigenvalue weighted by Crippen LogP contribution is -1.82. The Labute approximate surface area is 93.9 Å². The molecular formula is C13H13NS. The highest BCUT2D eigenvalue weighted by Crippen LogP contribution is 2.33. The third-order valence-electron chi connectivity index (χ3n) is 2.24. The second-order valence-electron chi connectivity index (χ2n) is 3.35. The van der Waals surface area contributed by atoms with Gasteiger partial charge in [-0.3, -0.25) is 0 Å². The Bertz CT molecular complexity index is 457. The van der Waals surface area contributed by atoms with Crippen LogP contribution < -0.4 is 5.73 Å². The molecule has 2 N–H and O–H groups in total. The summed E-state index contributed by atoms with van der Waals surface area (Å²) in [7, 11) is 0. The second-order valence-corrected chi connectivity index (χ2v) is 4.52. The summed E-state index contributed by atoms with van der Waals surface area (Å²) in [5.41, 5.74) is 8.31. The van der Waals surface area contributed by atoms with E-state index in [0.717, 1.165) is 17.0 Å². The lowest BCUT2D eigenvalue weighted by atomic mass is 10.1. The molecule has 1 heterocycles. The molecule has 0 unspecified atom stereocenters. The Morgan fingerprint density at radius 1 is 1.27 bits per heavy atom. The van der Waals surface area contributed by atoms with Gasteiger partial charge in [-0.25, -0.2) is 0 Å². The van der Waals surface area contributed by atoms with E-state index in [2.05, 4.69) is 24.8 Å². The van der Waals surface area contributed by atoms with Crippen LogP contribution in [-0.2, 0) is 6.42 Å². The number of thiophene rings is 1. The SMILES string of the molecule is C=CCc1cc(-c2ccccc2)c(N)s1. The normalized spacial score (nSPS) is 10.1. The molecule has 0 aliphatic carbocycles. The van der Waals surface area contributed by atoms with Crippen molar-refractivity contribution in [3.05, 3.63) is 53.9 Å². The van der Waals surface area contributed by atoms with E-state index in [4.69, 9.17) is 5.73 Å². The van der Waals surface area contributed by atoms with Crippen molar-refractivity contribution in [2.45, 2.75) is 6.42 Å². The fourth-order valence-corrected chi connectivity index (χ4v) is 2.49. The number of nitrogens with two attached hydrogens (primary N) is 1. The van der Waals surface area contributed by atoms with Crippen LogP contribution in [0.1, 0.15) is 4.88 Å². The van der Waals surface area contributed by atoms with Crippen molar-refractivity contribution in [1.29, 1.82) is 0 Å². The van der Waals surface area contributed by atoms with Gasteiger partial charge >= 0.3 is 0 Å². The molecule has 2 heteroatoms. The van der Waals surface area contributed by atoms with E-state index in [-0.39, 0.29) is 0 Å². The second kappa shape index (κ2) is 4.32. The van der Waals surface area contributed by atoms with E-state index in [1.54, 1.807) is 11.3 Å². The topological polar surface area (TPSA) is 26.0 Å². The lowest BCUT2D eigenvalue weighted by Gasteiger charge is -1.97. The molecule has 2 aromatic rings. The molecule has 0 aliphatic heterocycles. The summed E-state index contributed by atoms with van der Waals surface area (Å²) in [4.78, 5) is 1.27. The third-order valence-corrected chi connectivity index (χ3v) is 3.23. The van der Waals surface area contributed by atoms with E-state index in [9.17, 15) is 0 Å². The first-order valence-corrected chi connectivity index (χ1v) is 5.67. The first-order chi connectivity index (χ1) is 7.31. The van der Waals surface area contributed by atoms with Crippen LogP contribution in [0.25, 0.3) is 11.1 Å². The highest BCUT2D eigenvalue weighted by Gasteiger charge is 2.06. The number of rotatable bonds is 3. The minimum Gasteiger partial charge on any atom is -0.390 e. The number of anilines is 1. The molecule has 0 radical (unpaired) electrons. The van der Waals surface area contributed by atoms with Crippen LogP contribution >= 0.6 is 11.3 Å². The van der Waals surface area contributed by atoms with Crippen molar-refractivity contribution in [1.82, 2.24) is 0 Å². The van der Waals surface area contributed by atoms with Gasteiger partial charge in [-0.05, 0) is 18.1 Å². The maximum Gasteiger partial charge on any atom is 0.0939 e. The van der Waals surface area contributed by atoms with Crippen molar-refractivity contribution < 1.29 is 0 Å². The van der Waals surface area contributed by atoms with Crippen LogP contribution in [-0.4, -0.2) is 0 Å². The van der Waals surface area contributed by atoms with Gasteiger partial charge in [0.2, 0.25) is 0 Å². The van der Waals surface area contributed by atoms with Gasteiger partial charge < -0.3 is 5.73 Å². The zero-order valence-electron chi connectivity index (χ0n) is 8.44. The number of hydrogen-bond acceptors (Lipinski definition) is 2. The summed E-state index contributed by atoms with van der Waals surface area (Å²) in [6.07, 6.45) is 2.79. The van der Waals surface area contributed by atoms with E-state index in [0.29, 0.717) is 0 Å². The molecule has 0 fully saturated rings. The van der Waals surface area contributed by atoms with E-state index in [1.807, 2.05) is 24.3 Å². The maximum absolute atomic E-state index is 5.99. The Morgan fingerprint density at radius 3 is 2.67 bits per heavy atom. The van der Waals surface area contributed by atoms with Gasteiger partial charge in [0, 0.05) is 10.4 Å². The van der Waals surface area contributed by atoms with Crippen LogP contribution in [0.5, 0.6) is 0 Å². The summed E-state index contributed by atoms with van der Waals surface area (Å²) in [5, 5.41) is 0.887. The molecule has 2 rings (SSSR count). The monoisotopic (exact) mass is 215 g/mol. The van der Waals surface area contributed by atoms with Gasteiger partial charge in [-0.15, -0.1) is 17.9 Å². The van der Waals surface area contributed by atoms with Crippen molar-refractivity contribution >= 4 is 16.3 Å². The summed E-state index contributed by atoms with van der Waals surface area (Å²) in [5.74, 6) is 0. The Hall–Kier alpha value is -1.54.